The summed E-state index contributed by atoms with van der Waals surface area (Å²) in [7, 11) is 0. The highest BCUT2D eigenvalue weighted by Gasteiger charge is 2.36. The lowest BCUT2D eigenvalue weighted by Gasteiger charge is -2.35. The fourth-order valence-electron chi connectivity index (χ4n) is 3.44. The van der Waals surface area contributed by atoms with Crippen molar-refractivity contribution in [3.05, 3.63) is 29.8 Å². The average molecular weight is 398 g/mol. The van der Waals surface area contributed by atoms with Gasteiger partial charge in [-0.1, -0.05) is 0 Å². The highest BCUT2D eigenvalue weighted by Crippen LogP contribution is 2.21. The SMILES string of the molecule is CC1CN(C(=O)c2ccc(NC(=O)C3(N)CCOCC3)cc2)CC(C)O1.Cl. The Labute approximate surface area is 166 Å². The summed E-state index contributed by atoms with van der Waals surface area (Å²) >= 11 is 0. The van der Waals surface area contributed by atoms with Crippen molar-refractivity contribution >= 4 is 29.9 Å². The molecule has 2 aliphatic rings. The van der Waals surface area contributed by atoms with Gasteiger partial charge >= 0.3 is 0 Å². The van der Waals surface area contributed by atoms with E-state index in [4.69, 9.17) is 15.2 Å². The standard InChI is InChI=1S/C19H27N3O4.ClH/c1-13-11-22(12-14(2)26-13)17(23)15-3-5-16(6-4-15)21-18(24)19(20)7-9-25-10-8-19;/h3-6,13-14H,7-12,20H2,1-2H3,(H,21,24);1H. The monoisotopic (exact) mass is 397 g/mol. The molecule has 0 aliphatic carbocycles. The zero-order chi connectivity index (χ0) is 18.7. The van der Waals surface area contributed by atoms with Crippen LogP contribution in [0.3, 0.4) is 0 Å². The summed E-state index contributed by atoms with van der Waals surface area (Å²) < 4.78 is 10.9. The number of rotatable bonds is 3. The fourth-order valence-corrected chi connectivity index (χ4v) is 3.44. The number of nitrogens with two attached hydrogens (primary N) is 1. The Morgan fingerprint density at radius 3 is 2.22 bits per heavy atom. The van der Waals surface area contributed by atoms with E-state index in [1.807, 2.05) is 18.7 Å². The first-order valence-electron chi connectivity index (χ1n) is 9.10. The number of carbonyl (C=O) groups excluding carboxylic acids is 2. The molecule has 2 heterocycles. The van der Waals surface area contributed by atoms with Gasteiger partial charge in [0.15, 0.2) is 0 Å². The van der Waals surface area contributed by atoms with Crippen LogP contribution in [0.4, 0.5) is 5.69 Å². The minimum atomic E-state index is -0.896. The molecule has 0 spiro atoms. The number of hydrogen-bond donors (Lipinski definition) is 2. The van der Waals surface area contributed by atoms with Crippen LogP contribution in [0.15, 0.2) is 24.3 Å². The van der Waals surface area contributed by atoms with Crippen molar-refractivity contribution in [2.45, 2.75) is 44.4 Å². The van der Waals surface area contributed by atoms with Crippen molar-refractivity contribution in [1.82, 2.24) is 4.90 Å². The van der Waals surface area contributed by atoms with Crippen LogP contribution in [0.5, 0.6) is 0 Å². The number of morpholine rings is 1. The van der Waals surface area contributed by atoms with Gasteiger partial charge in [-0.3, -0.25) is 9.59 Å². The van der Waals surface area contributed by atoms with Crippen LogP contribution in [0.1, 0.15) is 37.0 Å². The Kier molecular flexibility index (Phi) is 7.22. The van der Waals surface area contributed by atoms with Crippen LogP contribution in [-0.4, -0.2) is 60.8 Å². The number of ether oxygens (including phenoxy) is 2. The summed E-state index contributed by atoms with van der Waals surface area (Å²) in [5.74, 6) is -0.236. The second-order valence-corrected chi connectivity index (χ2v) is 7.27. The molecule has 7 nitrogen and oxygen atoms in total. The minimum Gasteiger partial charge on any atom is -0.381 e. The number of anilines is 1. The van der Waals surface area contributed by atoms with Gasteiger partial charge < -0.3 is 25.4 Å². The molecule has 3 rings (SSSR count). The number of nitrogens with one attached hydrogen (secondary N) is 1. The summed E-state index contributed by atoms with van der Waals surface area (Å²) in [4.78, 5) is 26.9. The molecule has 2 saturated heterocycles. The number of benzene rings is 1. The Balaban J connectivity index is 0.00000261. The molecule has 2 unspecified atom stereocenters. The topological polar surface area (TPSA) is 93.9 Å². The third kappa shape index (κ3) is 5.19. The van der Waals surface area contributed by atoms with Crippen molar-refractivity contribution in [2.75, 3.05) is 31.6 Å². The zero-order valence-corrected chi connectivity index (χ0v) is 16.6. The second-order valence-electron chi connectivity index (χ2n) is 7.27. The highest BCUT2D eigenvalue weighted by atomic mass is 35.5. The van der Waals surface area contributed by atoms with Crippen LogP contribution >= 0.6 is 12.4 Å². The summed E-state index contributed by atoms with van der Waals surface area (Å²) in [5.41, 5.74) is 6.52. The molecule has 8 heteroatoms. The van der Waals surface area contributed by atoms with E-state index >= 15 is 0 Å². The number of amides is 2. The van der Waals surface area contributed by atoms with Crippen LogP contribution in [0.2, 0.25) is 0 Å². The number of carbonyl (C=O) groups is 2. The van der Waals surface area contributed by atoms with Crippen LogP contribution in [0.25, 0.3) is 0 Å². The first-order valence-corrected chi connectivity index (χ1v) is 9.10. The van der Waals surface area contributed by atoms with E-state index in [0.29, 0.717) is 50.4 Å². The Bertz CT molecular complexity index is 651. The van der Waals surface area contributed by atoms with Crippen molar-refractivity contribution in [1.29, 1.82) is 0 Å². The maximum atomic E-state index is 12.7. The van der Waals surface area contributed by atoms with Gasteiger partial charge in [-0.2, -0.15) is 0 Å². The van der Waals surface area contributed by atoms with Crippen molar-refractivity contribution in [3.63, 3.8) is 0 Å². The minimum absolute atomic E-state index is 0. The average Bonchev–Trinajstić information content (AvgIpc) is 2.61. The molecule has 2 atom stereocenters. The third-order valence-electron chi connectivity index (χ3n) is 4.93. The van der Waals surface area contributed by atoms with Crippen molar-refractivity contribution in [2.24, 2.45) is 5.73 Å². The van der Waals surface area contributed by atoms with E-state index in [2.05, 4.69) is 5.32 Å². The fraction of sp³-hybridized carbons (Fsp3) is 0.579. The van der Waals surface area contributed by atoms with E-state index in [1.165, 1.54) is 0 Å². The van der Waals surface area contributed by atoms with Gasteiger partial charge in [-0.05, 0) is 51.0 Å². The first kappa shape index (κ1) is 21.6. The summed E-state index contributed by atoms with van der Waals surface area (Å²) in [6.45, 7) is 6.08. The quantitative estimate of drug-likeness (QED) is 0.811. The Morgan fingerprint density at radius 2 is 1.67 bits per heavy atom. The van der Waals surface area contributed by atoms with Crippen LogP contribution < -0.4 is 11.1 Å². The molecule has 1 aromatic carbocycles. The molecular formula is C19H28ClN3O4. The smallest absolute Gasteiger partial charge is 0.254 e. The molecule has 0 bridgehead atoms. The van der Waals surface area contributed by atoms with E-state index < -0.39 is 5.54 Å². The molecule has 1 aromatic rings. The molecule has 27 heavy (non-hydrogen) atoms. The molecule has 0 aromatic heterocycles. The number of halogens is 1. The lowest BCUT2D eigenvalue weighted by atomic mass is 9.90. The van der Waals surface area contributed by atoms with Crippen LogP contribution in [-0.2, 0) is 14.3 Å². The van der Waals surface area contributed by atoms with E-state index in [9.17, 15) is 9.59 Å². The Morgan fingerprint density at radius 1 is 1.11 bits per heavy atom. The normalized spacial score (nSPS) is 24.6. The van der Waals surface area contributed by atoms with E-state index in [0.717, 1.165) is 0 Å². The van der Waals surface area contributed by atoms with Gasteiger partial charge in [0, 0.05) is 37.6 Å². The maximum Gasteiger partial charge on any atom is 0.254 e. The second kappa shape index (κ2) is 9.01. The summed E-state index contributed by atoms with van der Waals surface area (Å²) in [6.07, 6.45) is 1.06. The van der Waals surface area contributed by atoms with E-state index in [-0.39, 0.29) is 36.4 Å². The lowest BCUT2D eigenvalue weighted by molar-refractivity contribution is -0.124. The van der Waals surface area contributed by atoms with Gasteiger partial charge in [0.25, 0.3) is 5.91 Å². The molecule has 2 amide bonds. The van der Waals surface area contributed by atoms with Gasteiger partial charge in [0.05, 0.1) is 12.2 Å². The van der Waals surface area contributed by atoms with Crippen molar-refractivity contribution < 1.29 is 19.1 Å². The number of nitrogens with zero attached hydrogens (tertiary/aromatic N) is 1. The highest BCUT2D eigenvalue weighted by molar-refractivity contribution is 5.99. The summed E-state index contributed by atoms with van der Waals surface area (Å²) in [5, 5.41) is 2.85. The molecule has 150 valence electrons. The van der Waals surface area contributed by atoms with Crippen molar-refractivity contribution in [3.8, 4) is 0 Å². The maximum absolute atomic E-state index is 12.7. The van der Waals surface area contributed by atoms with Crippen LogP contribution in [0, 0.1) is 0 Å². The zero-order valence-electron chi connectivity index (χ0n) is 15.8. The molecule has 2 aliphatic heterocycles. The van der Waals surface area contributed by atoms with Gasteiger partial charge in [0.1, 0.15) is 5.54 Å². The molecule has 0 saturated carbocycles. The first-order chi connectivity index (χ1) is 12.4. The molecule has 0 radical (unpaired) electrons. The molecular weight excluding hydrogens is 370 g/mol. The predicted molar refractivity (Wildman–Crippen MR) is 105 cm³/mol. The molecule has 2 fully saturated rings. The predicted octanol–water partition coefficient (Wildman–Crippen LogP) is 1.80. The largest absolute Gasteiger partial charge is 0.381 e. The van der Waals surface area contributed by atoms with Gasteiger partial charge in [-0.25, -0.2) is 0 Å². The van der Waals surface area contributed by atoms with Gasteiger partial charge in [-0.15, -0.1) is 12.4 Å². The Hall–Kier alpha value is -1.67. The summed E-state index contributed by atoms with van der Waals surface area (Å²) in [6, 6.07) is 6.94. The van der Waals surface area contributed by atoms with E-state index in [1.54, 1.807) is 24.3 Å². The van der Waals surface area contributed by atoms with Gasteiger partial charge in [0.2, 0.25) is 5.91 Å². The third-order valence-corrected chi connectivity index (χ3v) is 4.93. The number of hydrogen-bond acceptors (Lipinski definition) is 5. The lowest BCUT2D eigenvalue weighted by Crippen LogP contribution is -2.54. The molecule has 3 N–H and O–H groups in total.